The number of amides is 2. The highest BCUT2D eigenvalue weighted by Crippen LogP contribution is 2.18. The summed E-state index contributed by atoms with van der Waals surface area (Å²) in [7, 11) is 0. The maximum Gasteiger partial charge on any atom is 0.329 e. The van der Waals surface area contributed by atoms with Crippen LogP contribution < -0.4 is 10.6 Å². The molecule has 6 heteroatoms. The number of carbonyl (C=O) groups excluding carboxylic acids is 1. The van der Waals surface area contributed by atoms with Crippen molar-refractivity contribution in [1.82, 2.24) is 10.6 Å². The molecule has 5 nitrogen and oxygen atoms in total. The van der Waals surface area contributed by atoms with Gasteiger partial charge in [0.05, 0.1) is 6.04 Å². The predicted molar refractivity (Wildman–Crippen MR) is 82.5 cm³/mol. The molecule has 0 saturated carbocycles. The summed E-state index contributed by atoms with van der Waals surface area (Å²) in [6.45, 7) is 5.28. The number of nitrogens with one attached hydrogen (secondary N) is 2. The number of benzene rings is 1. The largest absolute Gasteiger partial charge is 0.480 e. The van der Waals surface area contributed by atoms with E-state index in [0.29, 0.717) is 17.9 Å². The van der Waals surface area contributed by atoms with E-state index in [9.17, 15) is 14.7 Å². The summed E-state index contributed by atoms with van der Waals surface area (Å²) in [6.07, 6.45) is 0.635. The predicted octanol–water partition coefficient (Wildman–Crippen LogP) is 3.34. The van der Waals surface area contributed by atoms with Crippen molar-refractivity contribution in [3.05, 3.63) is 34.9 Å². The van der Waals surface area contributed by atoms with Gasteiger partial charge in [-0.2, -0.15) is 0 Å². The molecule has 1 atom stereocenters. The van der Waals surface area contributed by atoms with E-state index in [4.69, 9.17) is 11.6 Å². The van der Waals surface area contributed by atoms with Crippen molar-refractivity contribution in [3.63, 3.8) is 0 Å². The molecule has 0 fully saturated rings. The fraction of sp³-hybridized carbons (Fsp3) is 0.467. The Morgan fingerprint density at radius 3 is 2.43 bits per heavy atom. The van der Waals surface area contributed by atoms with Gasteiger partial charge in [0.1, 0.15) is 5.54 Å². The minimum atomic E-state index is -1.24. The van der Waals surface area contributed by atoms with E-state index in [1.807, 2.05) is 13.0 Å². The number of hydrogen-bond acceptors (Lipinski definition) is 2. The van der Waals surface area contributed by atoms with Crippen molar-refractivity contribution in [3.8, 4) is 0 Å². The van der Waals surface area contributed by atoms with Crippen LogP contribution in [0, 0.1) is 0 Å². The van der Waals surface area contributed by atoms with Crippen LogP contribution in [0.5, 0.6) is 0 Å². The van der Waals surface area contributed by atoms with Crippen molar-refractivity contribution in [2.45, 2.75) is 45.2 Å². The third-order valence-electron chi connectivity index (χ3n) is 3.67. The van der Waals surface area contributed by atoms with Crippen LogP contribution in [0.3, 0.4) is 0 Å². The van der Waals surface area contributed by atoms with Gasteiger partial charge < -0.3 is 15.7 Å². The molecule has 1 aromatic rings. The maximum atomic E-state index is 12.0. The molecule has 1 unspecified atom stereocenters. The summed E-state index contributed by atoms with van der Waals surface area (Å²) in [6, 6.07) is 6.38. The first-order valence-corrected chi connectivity index (χ1v) is 7.30. The zero-order chi connectivity index (χ0) is 16.0. The van der Waals surface area contributed by atoms with Gasteiger partial charge >= 0.3 is 12.0 Å². The molecule has 0 radical (unpaired) electrons. The Hall–Kier alpha value is -1.75. The van der Waals surface area contributed by atoms with E-state index < -0.39 is 17.5 Å². The zero-order valence-electron chi connectivity index (χ0n) is 12.4. The second-order valence-corrected chi connectivity index (χ2v) is 5.41. The minimum absolute atomic E-state index is 0.274. The molecule has 2 amide bonds. The van der Waals surface area contributed by atoms with E-state index in [1.54, 1.807) is 32.0 Å². The first-order chi connectivity index (χ1) is 9.84. The topological polar surface area (TPSA) is 78.4 Å². The number of carboxylic acids is 1. The molecule has 3 N–H and O–H groups in total. The zero-order valence-corrected chi connectivity index (χ0v) is 13.2. The van der Waals surface area contributed by atoms with Crippen LogP contribution in [-0.4, -0.2) is 22.6 Å². The average molecular weight is 313 g/mol. The molecule has 116 valence electrons. The number of carbonyl (C=O) groups is 2. The van der Waals surface area contributed by atoms with Gasteiger partial charge in [-0.3, -0.25) is 0 Å². The van der Waals surface area contributed by atoms with Crippen LogP contribution in [0.25, 0.3) is 0 Å². The Bertz CT molecular complexity index is 515. The molecule has 0 bridgehead atoms. The smallest absolute Gasteiger partial charge is 0.329 e. The molecule has 21 heavy (non-hydrogen) atoms. The standard InChI is InChI=1S/C15H21ClN2O3/c1-4-15(5-2,13(19)20)18-14(21)17-10(3)11-7-6-8-12(16)9-11/h6-10H,4-5H2,1-3H3,(H,19,20)(H2,17,18,21). The first kappa shape index (κ1) is 17.3. The first-order valence-electron chi connectivity index (χ1n) is 6.92. The van der Waals surface area contributed by atoms with E-state index in [2.05, 4.69) is 10.6 Å². The molecular weight excluding hydrogens is 292 g/mol. The van der Waals surface area contributed by atoms with Crippen molar-refractivity contribution in [2.24, 2.45) is 0 Å². The number of rotatable bonds is 6. The van der Waals surface area contributed by atoms with Gasteiger partial charge in [0.2, 0.25) is 0 Å². The average Bonchev–Trinajstić information content (AvgIpc) is 2.44. The lowest BCUT2D eigenvalue weighted by Crippen LogP contribution is -2.56. The van der Waals surface area contributed by atoms with Gasteiger partial charge in [-0.15, -0.1) is 0 Å². The van der Waals surface area contributed by atoms with Crippen LogP contribution in [-0.2, 0) is 4.79 Å². The Morgan fingerprint density at radius 1 is 1.33 bits per heavy atom. The molecular formula is C15H21ClN2O3. The Kier molecular flexibility index (Phi) is 6.03. The van der Waals surface area contributed by atoms with E-state index in [1.165, 1.54) is 0 Å². The number of halogens is 1. The van der Waals surface area contributed by atoms with Gasteiger partial charge in [-0.25, -0.2) is 9.59 Å². The van der Waals surface area contributed by atoms with Crippen LogP contribution in [0.1, 0.15) is 45.2 Å². The molecule has 1 aromatic carbocycles. The fourth-order valence-electron chi connectivity index (χ4n) is 2.09. The Balaban J connectivity index is 2.75. The highest BCUT2D eigenvalue weighted by Gasteiger charge is 2.36. The second-order valence-electron chi connectivity index (χ2n) is 4.97. The summed E-state index contributed by atoms with van der Waals surface area (Å²) in [5.41, 5.74) is -0.385. The highest BCUT2D eigenvalue weighted by atomic mass is 35.5. The lowest BCUT2D eigenvalue weighted by Gasteiger charge is -2.29. The summed E-state index contributed by atoms with van der Waals surface area (Å²) in [4.78, 5) is 23.4. The second kappa shape index (κ2) is 7.31. The highest BCUT2D eigenvalue weighted by molar-refractivity contribution is 6.30. The van der Waals surface area contributed by atoms with Crippen molar-refractivity contribution >= 4 is 23.6 Å². The lowest BCUT2D eigenvalue weighted by molar-refractivity contribution is -0.144. The van der Waals surface area contributed by atoms with Crippen LogP contribution >= 0.6 is 11.6 Å². The van der Waals surface area contributed by atoms with Crippen LogP contribution in [0.2, 0.25) is 5.02 Å². The number of urea groups is 1. The molecule has 0 aliphatic rings. The monoisotopic (exact) mass is 312 g/mol. The maximum absolute atomic E-state index is 12.0. The van der Waals surface area contributed by atoms with E-state index in [0.717, 1.165) is 5.56 Å². The molecule has 0 aliphatic carbocycles. The molecule has 0 aromatic heterocycles. The van der Waals surface area contributed by atoms with Gasteiger partial charge in [-0.1, -0.05) is 37.6 Å². The van der Waals surface area contributed by atoms with Crippen LogP contribution in [0.15, 0.2) is 24.3 Å². The molecule has 0 heterocycles. The van der Waals surface area contributed by atoms with Gasteiger partial charge in [0.15, 0.2) is 0 Å². The third kappa shape index (κ3) is 4.36. The molecule has 0 aliphatic heterocycles. The number of carboxylic acid groups (broad SMARTS) is 1. The fourth-order valence-corrected chi connectivity index (χ4v) is 2.29. The molecule has 0 spiro atoms. The van der Waals surface area contributed by atoms with Gasteiger partial charge in [-0.05, 0) is 37.5 Å². The summed E-state index contributed by atoms with van der Waals surface area (Å²) < 4.78 is 0. The minimum Gasteiger partial charge on any atom is -0.480 e. The third-order valence-corrected chi connectivity index (χ3v) is 3.90. The summed E-state index contributed by atoms with van der Waals surface area (Å²) >= 11 is 5.91. The lowest BCUT2D eigenvalue weighted by atomic mass is 9.93. The van der Waals surface area contributed by atoms with Gasteiger partial charge in [0, 0.05) is 5.02 Å². The number of hydrogen-bond donors (Lipinski definition) is 3. The summed E-state index contributed by atoms with van der Waals surface area (Å²) in [5, 5.41) is 15.2. The van der Waals surface area contributed by atoms with Crippen molar-refractivity contribution < 1.29 is 14.7 Å². The molecule has 0 saturated heterocycles. The molecule has 1 rings (SSSR count). The normalized spacial score (nSPS) is 12.6. The SMILES string of the molecule is CCC(CC)(NC(=O)NC(C)c1cccc(Cl)c1)C(=O)O. The van der Waals surface area contributed by atoms with E-state index in [-0.39, 0.29) is 6.04 Å². The van der Waals surface area contributed by atoms with Gasteiger partial charge in [0.25, 0.3) is 0 Å². The number of aliphatic carboxylic acids is 1. The Labute approximate surface area is 129 Å². The summed E-state index contributed by atoms with van der Waals surface area (Å²) in [5.74, 6) is -1.03. The Morgan fingerprint density at radius 2 is 1.95 bits per heavy atom. The quantitative estimate of drug-likeness (QED) is 0.753. The van der Waals surface area contributed by atoms with Crippen molar-refractivity contribution in [1.29, 1.82) is 0 Å². The van der Waals surface area contributed by atoms with Crippen LogP contribution in [0.4, 0.5) is 4.79 Å². The van der Waals surface area contributed by atoms with Crippen molar-refractivity contribution in [2.75, 3.05) is 0 Å². The van der Waals surface area contributed by atoms with E-state index >= 15 is 0 Å².